The molecule has 18 heavy (non-hydrogen) atoms. The highest BCUT2D eigenvalue weighted by molar-refractivity contribution is 5.72. The summed E-state index contributed by atoms with van der Waals surface area (Å²) in [7, 11) is 0. The fraction of sp³-hybridized carbons (Fsp3) is 0.333. The van der Waals surface area contributed by atoms with Crippen molar-refractivity contribution >= 4 is 12.0 Å². The lowest BCUT2D eigenvalue weighted by atomic mass is 9.99. The fourth-order valence-corrected chi connectivity index (χ4v) is 1.83. The molecule has 1 N–H and O–H groups in total. The van der Waals surface area contributed by atoms with Crippen LogP contribution in [-0.4, -0.2) is 12.5 Å². The molecule has 0 bridgehead atoms. The Morgan fingerprint density at radius 2 is 2.00 bits per heavy atom. The number of hydrogen-bond donors (Lipinski definition) is 1. The molecule has 1 aromatic carbocycles. The van der Waals surface area contributed by atoms with Crippen LogP contribution in [0.3, 0.4) is 0 Å². The third kappa shape index (κ3) is 4.06. The first-order valence-corrected chi connectivity index (χ1v) is 5.97. The number of carbonyl (C=O) groups is 1. The third-order valence-electron chi connectivity index (χ3n) is 2.69. The number of nitrogens with one attached hydrogen (secondary N) is 1. The predicted molar refractivity (Wildman–Crippen MR) is 73.0 cm³/mol. The smallest absolute Gasteiger partial charge is 0.216 e. The molecule has 0 heterocycles. The van der Waals surface area contributed by atoms with E-state index in [0.29, 0.717) is 12.1 Å². The molecule has 0 aliphatic rings. The molecule has 94 valence electrons. The Kier molecular flexibility index (Phi) is 5.13. The average Bonchev–Trinajstić information content (AvgIpc) is 2.31. The Balaban J connectivity index is 2.70. The Morgan fingerprint density at radius 3 is 2.50 bits per heavy atom. The molecule has 0 saturated carbocycles. The van der Waals surface area contributed by atoms with E-state index in [1.165, 1.54) is 6.92 Å². The molecule has 0 aromatic heterocycles. The molecule has 0 unspecified atom stereocenters. The summed E-state index contributed by atoms with van der Waals surface area (Å²) in [6.07, 6.45) is 4.89. The van der Waals surface area contributed by atoms with E-state index in [9.17, 15) is 4.79 Å². The van der Waals surface area contributed by atoms with Crippen molar-refractivity contribution in [2.45, 2.75) is 27.2 Å². The molecule has 0 aliphatic carbocycles. The summed E-state index contributed by atoms with van der Waals surface area (Å²) in [5, 5.41) is 11.6. The highest BCUT2D eigenvalue weighted by Gasteiger charge is 2.01. The zero-order valence-corrected chi connectivity index (χ0v) is 11.1. The Morgan fingerprint density at radius 1 is 1.39 bits per heavy atom. The number of hydrogen-bond acceptors (Lipinski definition) is 2. The van der Waals surface area contributed by atoms with Gasteiger partial charge in [0, 0.05) is 13.5 Å². The molecule has 1 aromatic rings. The van der Waals surface area contributed by atoms with E-state index in [0.717, 1.165) is 23.1 Å². The minimum Gasteiger partial charge on any atom is -0.356 e. The summed E-state index contributed by atoms with van der Waals surface area (Å²) >= 11 is 0. The molecule has 0 saturated heterocycles. The maximum atomic E-state index is 10.7. The van der Waals surface area contributed by atoms with E-state index in [2.05, 4.69) is 11.4 Å². The minimum absolute atomic E-state index is 0.00543. The van der Waals surface area contributed by atoms with Crippen LogP contribution in [0, 0.1) is 25.2 Å². The second-order valence-electron chi connectivity index (χ2n) is 4.31. The highest BCUT2D eigenvalue weighted by atomic mass is 16.1. The van der Waals surface area contributed by atoms with Crippen molar-refractivity contribution in [1.82, 2.24) is 5.32 Å². The summed E-state index contributed by atoms with van der Waals surface area (Å²) in [6.45, 7) is 6.17. The van der Waals surface area contributed by atoms with Gasteiger partial charge in [0.15, 0.2) is 0 Å². The molecule has 0 atom stereocenters. The number of nitrogens with zero attached hydrogens (tertiary/aromatic N) is 1. The molecular weight excluding hydrogens is 224 g/mol. The largest absolute Gasteiger partial charge is 0.356 e. The SMILES string of the molecule is CC(=O)NCCC=Cc1c(C)cc(C#N)cc1C. The van der Waals surface area contributed by atoms with Gasteiger partial charge in [-0.05, 0) is 49.1 Å². The monoisotopic (exact) mass is 242 g/mol. The Hall–Kier alpha value is -2.08. The molecular formula is C15H18N2O. The molecule has 3 heteroatoms. The maximum absolute atomic E-state index is 10.7. The van der Waals surface area contributed by atoms with Crippen LogP contribution in [0.1, 0.15) is 35.6 Å². The Bertz CT molecular complexity index is 487. The van der Waals surface area contributed by atoms with Gasteiger partial charge in [0.05, 0.1) is 11.6 Å². The van der Waals surface area contributed by atoms with E-state index in [1.807, 2.05) is 38.1 Å². The van der Waals surface area contributed by atoms with E-state index in [4.69, 9.17) is 5.26 Å². The summed E-state index contributed by atoms with van der Waals surface area (Å²) in [4.78, 5) is 10.7. The first-order valence-electron chi connectivity index (χ1n) is 5.97. The summed E-state index contributed by atoms with van der Waals surface area (Å²) in [5.41, 5.74) is 4.04. The highest BCUT2D eigenvalue weighted by Crippen LogP contribution is 2.18. The molecule has 0 radical (unpaired) electrons. The number of rotatable bonds is 4. The van der Waals surface area contributed by atoms with Crippen molar-refractivity contribution in [3.05, 3.63) is 40.5 Å². The van der Waals surface area contributed by atoms with E-state index < -0.39 is 0 Å². The van der Waals surface area contributed by atoms with Crippen molar-refractivity contribution in [3.63, 3.8) is 0 Å². The van der Waals surface area contributed by atoms with Gasteiger partial charge in [0.2, 0.25) is 5.91 Å². The van der Waals surface area contributed by atoms with Gasteiger partial charge in [-0.2, -0.15) is 5.26 Å². The van der Waals surface area contributed by atoms with Crippen molar-refractivity contribution in [2.75, 3.05) is 6.54 Å². The van der Waals surface area contributed by atoms with Gasteiger partial charge in [0.1, 0.15) is 0 Å². The minimum atomic E-state index is -0.00543. The van der Waals surface area contributed by atoms with Crippen molar-refractivity contribution in [2.24, 2.45) is 0 Å². The van der Waals surface area contributed by atoms with Crippen LogP contribution < -0.4 is 5.32 Å². The van der Waals surface area contributed by atoms with Crippen LogP contribution in [0.15, 0.2) is 18.2 Å². The standard InChI is InChI=1S/C15H18N2O/c1-11-8-14(10-16)9-12(2)15(11)6-4-5-7-17-13(3)18/h4,6,8-9H,5,7H2,1-3H3,(H,17,18). The third-order valence-corrected chi connectivity index (χ3v) is 2.69. The van der Waals surface area contributed by atoms with Crippen LogP contribution in [0.25, 0.3) is 6.08 Å². The molecule has 0 fully saturated rings. The molecule has 0 spiro atoms. The molecule has 1 amide bonds. The average molecular weight is 242 g/mol. The normalized spacial score (nSPS) is 10.3. The lowest BCUT2D eigenvalue weighted by molar-refractivity contribution is -0.118. The van der Waals surface area contributed by atoms with Gasteiger partial charge in [0.25, 0.3) is 0 Å². The van der Waals surface area contributed by atoms with Gasteiger partial charge in [-0.1, -0.05) is 12.2 Å². The molecule has 0 aliphatic heterocycles. The van der Waals surface area contributed by atoms with Crippen LogP contribution in [-0.2, 0) is 4.79 Å². The van der Waals surface area contributed by atoms with Crippen LogP contribution in [0.4, 0.5) is 0 Å². The zero-order chi connectivity index (χ0) is 13.5. The van der Waals surface area contributed by atoms with Crippen LogP contribution in [0.2, 0.25) is 0 Å². The summed E-state index contributed by atoms with van der Waals surface area (Å²) in [5.74, 6) is -0.00543. The summed E-state index contributed by atoms with van der Waals surface area (Å²) < 4.78 is 0. The van der Waals surface area contributed by atoms with Crippen LogP contribution >= 0.6 is 0 Å². The van der Waals surface area contributed by atoms with Crippen LogP contribution in [0.5, 0.6) is 0 Å². The first kappa shape index (κ1) is 14.0. The Labute approximate surface area is 108 Å². The number of benzene rings is 1. The number of carbonyl (C=O) groups excluding carboxylic acids is 1. The predicted octanol–water partition coefficient (Wildman–Crippen LogP) is 2.71. The lowest BCUT2D eigenvalue weighted by Crippen LogP contribution is -2.20. The number of nitriles is 1. The van der Waals surface area contributed by atoms with Crippen molar-refractivity contribution in [3.8, 4) is 6.07 Å². The van der Waals surface area contributed by atoms with Gasteiger partial charge in [-0.15, -0.1) is 0 Å². The lowest BCUT2D eigenvalue weighted by Gasteiger charge is -2.06. The van der Waals surface area contributed by atoms with Gasteiger partial charge in [-0.3, -0.25) is 4.79 Å². The maximum Gasteiger partial charge on any atom is 0.216 e. The van der Waals surface area contributed by atoms with Gasteiger partial charge in [-0.25, -0.2) is 0 Å². The van der Waals surface area contributed by atoms with Crippen molar-refractivity contribution < 1.29 is 4.79 Å². The van der Waals surface area contributed by atoms with E-state index in [1.54, 1.807) is 0 Å². The van der Waals surface area contributed by atoms with E-state index >= 15 is 0 Å². The number of amides is 1. The van der Waals surface area contributed by atoms with E-state index in [-0.39, 0.29) is 5.91 Å². The first-order chi connectivity index (χ1) is 8.54. The van der Waals surface area contributed by atoms with Crippen molar-refractivity contribution in [1.29, 1.82) is 5.26 Å². The molecule has 3 nitrogen and oxygen atoms in total. The van der Waals surface area contributed by atoms with Gasteiger partial charge < -0.3 is 5.32 Å². The number of aryl methyl sites for hydroxylation is 2. The topological polar surface area (TPSA) is 52.9 Å². The fourth-order valence-electron chi connectivity index (χ4n) is 1.83. The zero-order valence-electron chi connectivity index (χ0n) is 11.1. The second-order valence-corrected chi connectivity index (χ2v) is 4.31. The quantitative estimate of drug-likeness (QED) is 0.825. The molecule has 1 rings (SSSR count). The second kappa shape index (κ2) is 6.61. The summed E-state index contributed by atoms with van der Waals surface area (Å²) in [6, 6.07) is 5.93. The van der Waals surface area contributed by atoms with Gasteiger partial charge >= 0.3 is 0 Å².